The van der Waals surface area contributed by atoms with Gasteiger partial charge >= 0.3 is 11.9 Å². The van der Waals surface area contributed by atoms with Crippen molar-refractivity contribution >= 4 is 76.1 Å². The molecule has 130 valence electrons. The van der Waals surface area contributed by atoms with Gasteiger partial charge in [-0.25, -0.2) is 9.59 Å². The molecule has 4 nitrogen and oxygen atoms in total. The maximum atomic E-state index is 12.3. The maximum Gasteiger partial charge on any atom is 0.338 e. The van der Waals surface area contributed by atoms with Crippen molar-refractivity contribution in [2.45, 2.75) is 0 Å². The van der Waals surface area contributed by atoms with Gasteiger partial charge in [0.1, 0.15) is 0 Å². The van der Waals surface area contributed by atoms with Crippen molar-refractivity contribution in [1.29, 1.82) is 0 Å². The Morgan fingerprint density at radius 1 is 0.692 bits per heavy atom. The van der Waals surface area contributed by atoms with Crippen LogP contribution in [0.1, 0.15) is 20.7 Å². The molecule has 26 heavy (non-hydrogen) atoms. The molecule has 0 amide bonds. The second-order valence-corrected chi connectivity index (χ2v) is 7.58. The second-order valence-electron chi connectivity index (χ2n) is 5.87. The minimum atomic E-state index is -0.407. The lowest BCUT2D eigenvalue weighted by molar-refractivity contribution is 0.0594. The van der Waals surface area contributed by atoms with E-state index >= 15 is 0 Å². The van der Waals surface area contributed by atoms with E-state index in [4.69, 9.17) is 9.47 Å². The van der Waals surface area contributed by atoms with Crippen LogP contribution in [0.4, 0.5) is 0 Å². The summed E-state index contributed by atoms with van der Waals surface area (Å²) in [7, 11) is 2.72. The van der Waals surface area contributed by atoms with E-state index in [0.29, 0.717) is 11.1 Å². The normalized spacial score (nSPS) is 11.4. The number of halogens is 2. The van der Waals surface area contributed by atoms with Crippen LogP contribution in [0.25, 0.3) is 32.3 Å². The highest BCUT2D eigenvalue weighted by molar-refractivity contribution is 9.11. The molecular formula is C20H12Br2O4. The fourth-order valence-electron chi connectivity index (χ4n) is 3.46. The van der Waals surface area contributed by atoms with Crippen molar-refractivity contribution in [3.05, 3.63) is 56.5 Å². The van der Waals surface area contributed by atoms with E-state index in [1.54, 1.807) is 12.1 Å². The Morgan fingerprint density at radius 3 is 1.38 bits per heavy atom. The van der Waals surface area contributed by atoms with E-state index in [1.807, 2.05) is 24.3 Å². The predicted octanol–water partition coefficient (Wildman–Crippen LogP) is 5.68. The first-order chi connectivity index (χ1) is 12.5. The van der Waals surface area contributed by atoms with Gasteiger partial charge in [0.2, 0.25) is 0 Å². The van der Waals surface area contributed by atoms with Crippen molar-refractivity contribution < 1.29 is 19.1 Å². The molecule has 0 saturated heterocycles. The van der Waals surface area contributed by atoms with Crippen molar-refractivity contribution in [3.63, 3.8) is 0 Å². The summed E-state index contributed by atoms with van der Waals surface area (Å²) in [5.74, 6) is -0.813. The molecule has 0 aliphatic heterocycles. The topological polar surface area (TPSA) is 52.6 Å². The van der Waals surface area contributed by atoms with Crippen LogP contribution >= 0.6 is 31.9 Å². The minimum absolute atomic E-state index is 0.407. The van der Waals surface area contributed by atoms with Gasteiger partial charge in [-0.1, -0.05) is 56.1 Å². The molecule has 4 aromatic rings. The first-order valence-electron chi connectivity index (χ1n) is 7.74. The molecule has 0 fully saturated rings. The van der Waals surface area contributed by atoms with Gasteiger partial charge in [0.05, 0.1) is 25.3 Å². The van der Waals surface area contributed by atoms with E-state index in [-0.39, 0.29) is 0 Å². The van der Waals surface area contributed by atoms with Crippen molar-refractivity contribution in [1.82, 2.24) is 0 Å². The minimum Gasteiger partial charge on any atom is -0.465 e. The number of esters is 2. The summed E-state index contributed by atoms with van der Waals surface area (Å²) in [4.78, 5) is 24.5. The Morgan fingerprint density at radius 2 is 1.04 bits per heavy atom. The third-order valence-electron chi connectivity index (χ3n) is 4.61. The Kier molecular flexibility index (Phi) is 4.12. The van der Waals surface area contributed by atoms with Crippen LogP contribution in [0.2, 0.25) is 0 Å². The lowest BCUT2D eigenvalue weighted by Crippen LogP contribution is -2.05. The average Bonchev–Trinajstić information content (AvgIpc) is 2.66. The standard InChI is InChI=1S/C20H12Br2O4/c1-25-19(23)13-7-15(21)11-6-4-10-14(20(24)26-2)8-16(22)12-5-3-9(13)17(11)18(10)12/h3-8H,1-2H3. The zero-order valence-electron chi connectivity index (χ0n) is 13.9. The largest absolute Gasteiger partial charge is 0.465 e. The van der Waals surface area contributed by atoms with Gasteiger partial charge < -0.3 is 9.47 Å². The van der Waals surface area contributed by atoms with Gasteiger partial charge in [0, 0.05) is 8.95 Å². The lowest BCUT2D eigenvalue weighted by Gasteiger charge is -2.17. The van der Waals surface area contributed by atoms with Crippen LogP contribution in [0.5, 0.6) is 0 Å². The molecule has 4 aromatic carbocycles. The van der Waals surface area contributed by atoms with Crippen LogP contribution in [0.15, 0.2) is 45.3 Å². The number of hydrogen-bond acceptors (Lipinski definition) is 4. The summed E-state index contributed by atoms with van der Waals surface area (Å²) < 4.78 is 11.5. The molecule has 0 aliphatic rings. The van der Waals surface area contributed by atoms with Gasteiger partial charge in [-0.05, 0) is 44.5 Å². The monoisotopic (exact) mass is 474 g/mol. The lowest BCUT2D eigenvalue weighted by atomic mass is 9.90. The number of carbonyl (C=O) groups is 2. The third-order valence-corrected chi connectivity index (χ3v) is 5.92. The summed E-state index contributed by atoms with van der Waals surface area (Å²) >= 11 is 7.12. The highest BCUT2D eigenvalue weighted by Crippen LogP contribution is 2.43. The molecule has 0 heterocycles. The molecule has 0 N–H and O–H groups in total. The van der Waals surface area contributed by atoms with E-state index in [2.05, 4.69) is 31.9 Å². The van der Waals surface area contributed by atoms with E-state index < -0.39 is 11.9 Å². The van der Waals surface area contributed by atoms with E-state index in [9.17, 15) is 9.59 Å². The highest BCUT2D eigenvalue weighted by Gasteiger charge is 2.21. The van der Waals surface area contributed by atoms with Crippen LogP contribution in [0.3, 0.4) is 0 Å². The molecule has 0 bridgehead atoms. The summed E-state index contributed by atoms with van der Waals surface area (Å²) in [6.45, 7) is 0. The zero-order valence-corrected chi connectivity index (χ0v) is 17.0. The van der Waals surface area contributed by atoms with Crippen LogP contribution < -0.4 is 0 Å². The maximum absolute atomic E-state index is 12.3. The average molecular weight is 476 g/mol. The Balaban J connectivity index is 2.29. The quantitative estimate of drug-likeness (QED) is 0.276. The number of ether oxygens (including phenoxy) is 2. The molecule has 0 spiro atoms. The number of methoxy groups -OCH3 is 2. The van der Waals surface area contributed by atoms with Gasteiger partial charge in [-0.2, -0.15) is 0 Å². The molecule has 6 heteroatoms. The second kappa shape index (κ2) is 6.21. The Hall–Kier alpha value is -2.18. The van der Waals surface area contributed by atoms with Crippen LogP contribution in [-0.4, -0.2) is 26.2 Å². The van der Waals surface area contributed by atoms with Gasteiger partial charge in [-0.3, -0.25) is 0 Å². The molecule has 0 radical (unpaired) electrons. The van der Waals surface area contributed by atoms with E-state index in [1.165, 1.54) is 14.2 Å². The smallest absolute Gasteiger partial charge is 0.338 e. The SMILES string of the molecule is COC(=O)c1cc(Br)c2ccc3c(C(=O)OC)cc(Br)c4ccc1c2c43. The molecule has 0 atom stereocenters. The van der Waals surface area contributed by atoms with Crippen LogP contribution in [0, 0.1) is 0 Å². The van der Waals surface area contributed by atoms with Gasteiger partial charge in [0.25, 0.3) is 0 Å². The first-order valence-corrected chi connectivity index (χ1v) is 9.32. The summed E-state index contributed by atoms with van der Waals surface area (Å²) in [6.07, 6.45) is 0. The fraction of sp³-hybridized carbons (Fsp3) is 0.100. The predicted molar refractivity (Wildman–Crippen MR) is 108 cm³/mol. The molecule has 4 rings (SSSR count). The first kappa shape index (κ1) is 17.2. The fourth-order valence-corrected chi connectivity index (χ4v) is 4.58. The number of hydrogen-bond donors (Lipinski definition) is 0. The summed E-state index contributed by atoms with van der Waals surface area (Å²) in [6, 6.07) is 11.2. The molecule has 0 aromatic heterocycles. The highest BCUT2D eigenvalue weighted by atomic mass is 79.9. The Labute approximate surface area is 165 Å². The molecule has 0 unspecified atom stereocenters. The van der Waals surface area contributed by atoms with Crippen molar-refractivity contribution in [2.75, 3.05) is 14.2 Å². The Bertz CT molecular complexity index is 1120. The van der Waals surface area contributed by atoms with Crippen molar-refractivity contribution in [3.8, 4) is 0 Å². The summed E-state index contributed by atoms with van der Waals surface area (Å²) in [5, 5.41) is 5.28. The third kappa shape index (κ3) is 2.32. The van der Waals surface area contributed by atoms with E-state index in [0.717, 1.165) is 41.3 Å². The van der Waals surface area contributed by atoms with Crippen LogP contribution in [-0.2, 0) is 9.47 Å². The molecular weight excluding hydrogens is 464 g/mol. The van der Waals surface area contributed by atoms with Crippen molar-refractivity contribution in [2.24, 2.45) is 0 Å². The number of rotatable bonds is 2. The summed E-state index contributed by atoms with van der Waals surface area (Å²) in [5.41, 5.74) is 0.946. The van der Waals surface area contributed by atoms with Gasteiger partial charge in [-0.15, -0.1) is 0 Å². The van der Waals surface area contributed by atoms with Gasteiger partial charge in [0.15, 0.2) is 0 Å². The zero-order chi connectivity index (χ0) is 18.6. The number of carbonyl (C=O) groups excluding carboxylic acids is 2. The molecule has 0 saturated carbocycles. The number of benzene rings is 4. The molecule has 0 aliphatic carbocycles.